The summed E-state index contributed by atoms with van der Waals surface area (Å²) < 4.78 is 32.6. The van der Waals surface area contributed by atoms with Crippen LogP contribution in [0.1, 0.15) is 23.1 Å². The highest BCUT2D eigenvalue weighted by atomic mass is 35.5. The minimum absolute atomic E-state index is 0.0121. The van der Waals surface area contributed by atoms with Gasteiger partial charge in [0.05, 0.1) is 21.1 Å². The van der Waals surface area contributed by atoms with Gasteiger partial charge in [0.1, 0.15) is 11.9 Å². The fourth-order valence-electron chi connectivity index (χ4n) is 2.55. The Morgan fingerprint density at radius 1 is 1.48 bits per heavy atom. The van der Waals surface area contributed by atoms with Crippen molar-refractivity contribution in [3.8, 4) is 5.75 Å². The van der Waals surface area contributed by atoms with Crippen LogP contribution >= 0.6 is 22.9 Å². The summed E-state index contributed by atoms with van der Waals surface area (Å²) in [6.07, 6.45) is 0.675. The van der Waals surface area contributed by atoms with Crippen LogP contribution in [0.25, 0.3) is 0 Å². The van der Waals surface area contributed by atoms with Crippen LogP contribution in [0.15, 0.2) is 22.5 Å². The minimum atomic E-state index is -3.62. The van der Waals surface area contributed by atoms with Crippen LogP contribution in [0.4, 0.5) is 0 Å². The van der Waals surface area contributed by atoms with Gasteiger partial charge in [-0.2, -0.15) is 4.31 Å². The van der Waals surface area contributed by atoms with E-state index in [1.54, 1.807) is 18.6 Å². The van der Waals surface area contributed by atoms with Crippen molar-refractivity contribution >= 4 is 33.0 Å². The highest BCUT2D eigenvalue weighted by Crippen LogP contribution is 2.38. The fraction of sp³-hybridized carbons (Fsp3) is 0.400. The third-order valence-corrected chi connectivity index (χ3v) is 6.82. The molecule has 0 saturated carbocycles. The van der Waals surface area contributed by atoms with Crippen molar-refractivity contribution in [2.24, 2.45) is 0 Å². The first kappa shape index (κ1) is 16.7. The first-order valence-electron chi connectivity index (χ1n) is 7.13. The van der Waals surface area contributed by atoms with Gasteiger partial charge in [0.25, 0.3) is 0 Å². The van der Waals surface area contributed by atoms with Crippen molar-refractivity contribution in [3.05, 3.63) is 38.8 Å². The van der Waals surface area contributed by atoms with Gasteiger partial charge in [0.2, 0.25) is 10.0 Å². The van der Waals surface area contributed by atoms with E-state index in [4.69, 9.17) is 16.3 Å². The molecule has 3 rings (SSSR count). The molecule has 0 spiro atoms. The Balaban J connectivity index is 1.92. The van der Waals surface area contributed by atoms with Gasteiger partial charge < -0.3 is 4.74 Å². The largest absolute Gasteiger partial charge is 0.489 e. The van der Waals surface area contributed by atoms with Crippen LogP contribution in [0.2, 0.25) is 5.02 Å². The number of nitrogens with zero attached hydrogens (tertiary/aromatic N) is 2. The zero-order valence-corrected chi connectivity index (χ0v) is 15.4. The first-order chi connectivity index (χ1) is 10.8. The van der Waals surface area contributed by atoms with Gasteiger partial charge in [0.15, 0.2) is 0 Å². The van der Waals surface area contributed by atoms with Crippen LogP contribution in [-0.4, -0.2) is 30.9 Å². The molecule has 23 heavy (non-hydrogen) atoms. The first-order valence-corrected chi connectivity index (χ1v) is 9.83. The van der Waals surface area contributed by atoms with Gasteiger partial charge in [-0.15, -0.1) is 11.3 Å². The molecule has 0 N–H and O–H groups in total. The van der Waals surface area contributed by atoms with Crippen LogP contribution in [0, 0.1) is 6.92 Å². The zero-order chi connectivity index (χ0) is 16.8. The van der Waals surface area contributed by atoms with Gasteiger partial charge in [0, 0.05) is 30.5 Å². The molecule has 0 fully saturated rings. The molecule has 2 aromatic rings. The van der Waals surface area contributed by atoms with Gasteiger partial charge in [-0.1, -0.05) is 11.6 Å². The SMILES string of the molecule is Cc1ncsc1CN(C)S(=O)(=O)c1cc(Cl)c2c(c1)CC(C)O2. The van der Waals surface area contributed by atoms with E-state index >= 15 is 0 Å². The number of ether oxygens (including phenoxy) is 1. The molecule has 5 nitrogen and oxygen atoms in total. The van der Waals surface area contributed by atoms with Gasteiger partial charge in [-0.25, -0.2) is 13.4 Å². The normalized spacial score (nSPS) is 17.3. The Morgan fingerprint density at radius 2 is 2.22 bits per heavy atom. The van der Waals surface area contributed by atoms with Crippen molar-refractivity contribution in [2.75, 3.05) is 7.05 Å². The number of hydrogen-bond donors (Lipinski definition) is 0. The number of rotatable bonds is 4. The predicted molar refractivity (Wildman–Crippen MR) is 90.7 cm³/mol. The monoisotopic (exact) mass is 372 g/mol. The summed E-state index contributed by atoms with van der Waals surface area (Å²) in [5.41, 5.74) is 3.41. The molecule has 0 bridgehead atoms. The van der Waals surface area contributed by atoms with Gasteiger partial charge in [-0.3, -0.25) is 0 Å². The predicted octanol–water partition coefficient (Wildman–Crippen LogP) is 3.25. The Morgan fingerprint density at radius 3 is 2.87 bits per heavy atom. The lowest BCUT2D eigenvalue weighted by atomic mass is 10.1. The molecule has 0 saturated heterocycles. The second-order valence-corrected chi connectivity index (χ2v) is 9.04. The van der Waals surface area contributed by atoms with Crippen molar-refractivity contribution in [1.82, 2.24) is 9.29 Å². The summed E-state index contributed by atoms with van der Waals surface area (Å²) in [5.74, 6) is 0.596. The van der Waals surface area contributed by atoms with Crippen molar-refractivity contribution in [2.45, 2.75) is 37.8 Å². The molecule has 8 heteroatoms. The Bertz CT molecular complexity index is 848. The Labute approximate surface area is 144 Å². The molecular weight excluding hydrogens is 356 g/mol. The van der Waals surface area contributed by atoms with E-state index in [2.05, 4.69) is 4.98 Å². The summed E-state index contributed by atoms with van der Waals surface area (Å²) in [5, 5.41) is 0.341. The van der Waals surface area contributed by atoms with Crippen LogP contribution in [0.5, 0.6) is 5.75 Å². The van der Waals surface area contributed by atoms with Crippen LogP contribution in [0.3, 0.4) is 0 Å². The number of fused-ring (bicyclic) bond motifs is 1. The average Bonchev–Trinajstić information content (AvgIpc) is 3.04. The molecule has 124 valence electrons. The minimum Gasteiger partial charge on any atom is -0.489 e. The molecule has 0 radical (unpaired) electrons. The van der Waals surface area contributed by atoms with Gasteiger partial charge in [-0.05, 0) is 26.0 Å². The maximum atomic E-state index is 12.8. The van der Waals surface area contributed by atoms with Crippen LogP contribution in [-0.2, 0) is 23.0 Å². The van der Waals surface area contributed by atoms with Gasteiger partial charge >= 0.3 is 0 Å². The number of sulfonamides is 1. The maximum absolute atomic E-state index is 12.8. The fourth-order valence-corrected chi connectivity index (χ4v) is 5.03. The average molecular weight is 373 g/mol. The van der Waals surface area contributed by atoms with Crippen molar-refractivity contribution < 1.29 is 13.2 Å². The number of halogens is 1. The number of aromatic nitrogens is 1. The molecule has 0 aliphatic carbocycles. The van der Waals surface area contributed by atoms with Crippen molar-refractivity contribution in [1.29, 1.82) is 0 Å². The maximum Gasteiger partial charge on any atom is 0.243 e. The lowest BCUT2D eigenvalue weighted by Gasteiger charge is -2.17. The number of thiazole rings is 1. The molecule has 1 unspecified atom stereocenters. The third-order valence-electron chi connectivity index (χ3n) is 3.84. The summed E-state index contributed by atoms with van der Waals surface area (Å²) in [6, 6.07) is 3.12. The van der Waals surface area contributed by atoms with E-state index in [0.717, 1.165) is 16.1 Å². The molecule has 1 aliphatic rings. The smallest absolute Gasteiger partial charge is 0.243 e. The summed E-state index contributed by atoms with van der Waals surface area (Å²) in [4.78, 5) is 5.28. The summed E-state index contributed by atoms with van der Waals surface area (Å²) >= 11 is 7.65. The van der Waals surface area contributed by atoms with Crippen LogP contribution < -0.4 is 4.74 Å². The van der Waals surface area contributed by atoms with E-state index < -0.39 is 10.0 Å². The molecule has 1 aromatic heterocycles. The Hall–Kier alpha value is -1.15. The molecule has 1 aliphatic heterocycles. The molecule has 0 amide bonds. The van der Waals surface area contributed by atoms with E-state index in [1.165, 1.54) is 21.7 Å². The van der Waals surface area contributed by atoms with E-state index in [9.17, 15) is 8.42 Å². The highest BCUT2D eigenvalue weighted by molar-refractivity contribution is 7.89. The molecular formula is C15H17ClN2O3S2. The van der Waals surface area contributed by atoms with E-state index in [-0.39, 0.29) is 11.0 Å². The van der Waals surface area contributed by atoms with E-state index in [0.29, 0.717) is 23.7 Å². The Kier molecular flexibility index (Phi) is 4.39. The second-order valence-electron chi connectivity index (χ2n) is 5.65. The topological polar surface area (TPSA) is 59.5 Å². The summed E-state index contributed by atoms with van der Waals surface area (Å²) in [7, 11) is -2.06. The van der Waals surface area contributed by atoms with Crippen molar-refractivity contribution in [3.63, 3.8) is 0 Å². The third kappa shape index (κ3) is 3.10. The van der Waals surface area contributed by atoms with E-state index in [1.807, 2.05) is 13.8 Å². The molecule has 2 heterocycles. The number of aryl methyl sites for hydroxylation is 1. The highest BCUT2D eigenvalue weighted by Gasteiger charge is 2.28. The summed E-state index contributed by atoms with van der Waals surface area (Å²) in [6.45, 7) is 4.10. The lowest BCUT2D eigenvalue weighted by molar-refractivity contribution is 0.255. The second kappa shape index (κ2) is 6.05. The molecule has 1 atom stereocenters. The molecule has 1 aromatic carbocycles. The zero-order valence-electron chi connectivity index (χ0n) is 13.0. The standard InChI is InChI=1S/C15H17ClN2O3S2/c1-9-4-11-5-12(6-13(16)15(11)21-9)23(19,20)18(3)7-14-10(2)17-8-22-14/h5-6,8-9H,4,7H2,1-3H3. The number of hydrogen-bond acceptors (Lipinski definition) is 5. The quantitative estimate of drug-likeness (QED) is 0.826. The number of benzene rings is 1. The lowest BCUT2D eigenvalue weighted by Crippen LogP contribution is -2.26.